The van der Waals surface area contributed by atoms with E-state index in [9.17, 15) is 22.8 Å². The zero-order chi connectivity index (χ0) is 28.0. The lowest BCUT2D eigenvalue weighted by molar-refractivity contribution is -0.274. The molecule has 2 amide bonds. The number of likely N-dealkylation sites (tertiary alicyclic amines) is 1. The third-order valence-corrected chi connectivity index (χ3v) is 7.61. The van der Waals surface area contributed by atoms with Crippen molar-refractivity contribution < 1.29 is 32.2 Å². The monoisotopic (exact) mass is 563 g/mol. The normalized spacial score (nSPS) is 17.5. The quantitative estimate of drug-likeness (QED) is 0.425. The number of benzene rings is 1. The first kappa shape index (κ1) is 28.4. The van der Waals surface area contributed by atoms with Crippen LogP contribution in [0.15, 0.2) is 41.5 Å². The molecule has 2 aromatic rings. The molecule has 39 heavy (non-hydrogen) atoms. The molecule has 13 heteroatoms. The molecule has 0 aliphatic carbocycles. The van der Waals surface area contributed by atoms with Crippen molar-refractivity contribution in [2.45, 2.75) is 43.7 Å². The molecule has 3 N–H and O–H groups in total. The maximum Gasteiger partial charge on any atom is 0.573 e. The molecule has 0 saturated carbocycles. The van der Waals surface area contributed by atoms with Gasteiger partial charge in [0.25, 0.3) is 5.91 Å². The Labute approximate surface area is 227 Å². The number of rotatable bonds is 10. The zero-order valence-corrected chi connectivity index (χ0v) is 21.7. The number of piperidine rings is 1. The number of primary amides is 1. The topological polar surface area (TPSA) is 131 Å². The third kappa shape index (κ3) is 7.94. The number of pyridine rings is 1. The van der Waals surface area contributed by atoms with Gasteiger partial charge >= 0.3 is 6.36 Å². The highest BCUT2D eigenvalue weighted by Crippen LogP contribution is 2.26. The summed E-state index contributed by atoms with van der Waals surface area (Å²) in [6.45, 7) is 0.823. The Bertz CT molecular complexity index is 1210. The molecule has 1 aromatic carbocycles. The third-order valence-electron chi connectivity index (χ3n) is 6.37. The maximum atomic E-state index is 12.7. The van der Waals surface area contributed by atoms with Crippen molar-refractivity contribution in [1.82, 2.24) is 9.88 Å². The Kier molecular flexibility index (Phi) is 9.10. The summed E-state index contributed by atoms with van der Waals surface area (Å²) in [7, 11) is 0. The van der Waals surface area contributed by atoms with Crippen LogP contribution in [-0.2, 0) is 11.2 Å². The van der Waals surface area contributed by atoms with E-state index in [1.165, 1.54) is 30.5 Å². The fourth-order valence-electron chi connectivity index (χ4n) is 4.15. The van der Waals surface area contributed by atoms with Gasteiger partial charge in [-0.3, -0.25) is 14.6 Å². The van der Waals surface area contributed by atoms with Gasteiger partial charge in [-0.05, 0) is 29.3 Å². The molecule has 208 valence electrons. The van der Waals surface area contributed by atoms with Crippen molar-refractivity contribution in [3.8, 4) is 11.6 Å². The van der Waals surface area contributed by atoms with Crippen LogP contribution in [0.2, 0.25) is 0 Å². The molecule has 0 spiro atoms. The van der Waals surface area contributed by atoms with Gasteiger partial charge in [-0.25, -0.2) is 4.98 Å². The predicted molar refractivity (Wildman–Crippen MR) is 141 cm³/mol. The summed E-state index contributed by atoms with van der Waals surface area (Å²) >= 11 is 1.81. The first-order valence-electron chi connectivity index (χ1n) is 12.3. The van der Waals surface area contributed by atoms with Crippen LogP contribution in [0.4, 0.5) is 13.2 Å². The Hall–Kier alpha value is -3.61. The van der Waals surface area contributed by atoms with Crippen molar-refractivity contribution in [3.05, 3.63) is 53.2 Å². The number of carbonyl (C=O) groups is 2. The fraction of sp³-hybridized carbons (Fsp3) is 0.423. The highest BCUT2D eigenvalue weighted by Gasteiger charge is 2.31. The lowest BCUT2D eigenvalue weighted by Crippen LogP contribution is -2.42. The first-order valence-corrected chi connectivity index (χ1v) is 13.5. The van der Waals surface area contributed by atoms with Crippen molar-refractivity contribution in [2.24, 2.45) is 10.7 Å². The SMILES string of the molecule is N=CC(C=NC1CSC1)c1cnc(OC2CCN(C(=O)Cc3ccc(OC(F)(F)F)cc3)CC2)c(C(N)=O)c1. The molecule has 3 heterocycles. The first-order chi connectivity index (χ1) is 18.6. The number of alkyl halides is 3. The van der Waals surface area contributed by atoms with Crippen LogP contribution in [-0.4, -0.2) is 77.2 Å². The summed E-state index contributed by atoms with van der Waals surface area (Å²) in [5, 5.41) is 7.74. The summed E-state index contributed by atoms with van der Waals surface area (Å²) in [6, 6.07) is 7.03. The standard InChI is InChI=1S/C26H28F3N5O4S/c27-26(28,29)38-21-3-1-16(2-4-21)9-23(35)34-7-5-20(6-8-34)37-25-22(24(31)36)10-17(12-33-25)18(11-30)13-32-19-14-39-15-19/h1-4,10-13,18-20,30H,5-9,14-15H2,(H2,31,36). The van der Waals surface area contributed by atoms with E-state index in [4.69, 9.17) is 15.9 Å². The van der Waals surface area contributed by atoms with Crippen LogP contribution >= 0.6 is 11.8 Å². The number of nitrogens with one attached hydrogen (secondary N) is 1. The maximum absolute atomic E-state index is 12.7. The van der Waals surface area contributed by atoms with Gasteiger partial charge in [-0.1, -0.05) is 12.1 Å². The molecule has 0 bridgehead atoms. The van der Waals surface area contributed by atoms with Crippen LogP contribution in [0.1, 0.15) is 40.2 Å². The average molecular weight is 564 g/mol. The van der Waals surface area contributed by atoms with Crippen LogP contribution in [0.3, 0.4) is 0 Å². The predicted octanol–water partition coefficient (Wildman–Crippen LogP) is 3.61. The number of halogens is 3. The number of hydrogen-bond donors (Lipinski definition) is 2. The molecule has 2 fully saturated rings. The highest BCUT2D eigenvalue weighted by atomic mass is 32.2. The number of aliphatic imine (C=N–C) groups is 1. The summed E-state index contributed by atoms with van der Waals surface area (Å²) in [5.41, 5.74) is 6.89. The molecule has 2 aliphatic rings. The molecule has 9 nitrogen and oxygen atoms in total. The van der Waals surface area contributed by atoms with Crippen molar-refractivity contribution in [3.63, 3.8) is 0 Å². The minimum absolute atomic E-state index is 0.0454. The lowest BCUT2D eigenvalue weighted by Gasteiger charge is -2.32. The second-order valence-electron chi connectivity index (χ2n) is 9.23. The minimum Gasteiger partial charge on any atom is -0.474 e. The molecule has 2 aliphatic heterocycles. The Balaban J connectivity index is 1.31. The Morgan fingerprint density at radius 1 is 1.23 bits per heavy atom. The number of hydrogen-bond acceptors (Lipinski definition) is 8. The number of ether oxygens (including phenoxy) is 2. The smallest absolute Gasteiger partial charge is 0.474 e. The molecule has 0 radical (unpaired) electrons. The van der Waals surface area contributed by atoms with Gasteiger partial charge in [0.2, 0.25) is 11.8 Å². The van der Waals surface area contributed by atoms with Crippen LogP contribution in [0.25, 0.3) is 0 Å². The lowest BCUT2D eigenvalue weighted by atomic mass is 10.0. The van der Waals surface area contributed by atoms with Gasteiger partial charge in [-0.2, -0.15) is 11.8 Å². The van der Waals surface area contributed by atoms with E-state index in [1.54, 1.807) is 23.4 Å². The number of thioether (sulfide) groups is 1. The van der Waals surface area contributed by atoms with Gasteiger partial charge in [-0.15, -0.1) is 13.2 Å². The average Bonchev–Trinajstić information content (AvgIpc) is 2.86. The number of aromatic nitrogens is 1. The minimum atomic E-state index is -4.77. The van der Waals surface area contributed by atoms with Crippen LogP contribution in [0.5, 0.6) is 11.6 Å². The van der Waals surface area contributed by atoms with E-state index in [1.807, 2.05) is 11.8 Å². The van der Waals surface area contributed by atoms with E-state index in [0.29, 0.717) is 37.1 Å². The van der Waals surface area contributed by atoms with E-state index in [2.05, 4.69) is 14.7 Å². The second kappa shape index (κ2) is 12.5. The van der Waals surface area contributed by atoms with Gasteiger partial charge in [0.1, 0.15) is 17.4 Å². The van der Waals surface area contributed by atoms with Crippen molar-refractivity contribution in [1.29, 1.82) is 5.41 Å². The van der Waals surface area contributed by atoms with Gasteiger partial charge < -0.3 is 25.5 Å². The number of nitrogens with two attached hydrogens (primary N) is 1. The Morgan fingerprint density at radius 3 is 2.49 bits per heavy atom. The largest absolute Gasteiger partial charge is 0.573 e. The van der Waals surface area contributed by atoms with Crippen LogP contribution < -0.4 is 15.2 Å². The molecule has 2 saturated heterocycles. The zero-order valence-electron chi connectivity index (χ0n) is 20.9. The van der Waals surface area contributed by atoms with Crippen molar-refractivity contribution >= 4 is 36.0 Å². The van der Waals surface area contributed by atoms with E-state index in [0.717, 1.165) is 11.5 Å². The molecule has 4 rings (SSSR count). The summed E-state index contributed by atoms with van der Waals surface area (Å²) in [6.07, 6.45) is 0.451. The van der Waals surface area contributed by atoms with Crippen molar-refractivity contribution in [2.75, 3.05) is 24.6 Å². The van der Waals surface area contributed by atoms with E-state index in [-0.39, 0.29) is 41.7 Å². The molecule has 1 aromatic heterocycles. The van der Waals surface area contributed by atoms with Gasteiger partial charge in [0.15, 0.2) is 0 Å². The molecular formula is C26H28F3N5O4S. The number of amides is 2. The Morgan fingerprint density at radius 2 is 1.92 bits per heavy atom. The highest BCUT2D eigenvalue weighted by molar-refractivity contribution is 8.00. The number of carbonyl (C=O) groups excluding carboxylic acids is 2. The van der Waals surface area contributed by atoms with Gasteiger partial charge in [0, 0.05) is 56.1 Å². The van der Waals surface area contributed by atoms with E-state index < -0.39 is 18.2 Å². The molecule has 1 atom stereocenters. The number of nitrogens with zero attached hydrogens (tertiary/aromatic N) is 3. The van der Waals surface area contributed by atoms with Gasteiger partial charge in [0.05, 0.1) is 18.4 Å². The summed E-state index contributed by atoms with van der Waals surface area (Å²) in [5.74, 6) is 0.385. The molecule has 1 unspecified atom stereocenters. The fourth-order valence-corrected chi connectivity index (χ4v) is 4.77. The summed E-state index contributed by atoms with van der Waals surface area (Å²) in [4.78, 5) is 35.3. The van der Waals surface area contributed by atoms with Crippen LogP contribution in [0, 0.1) is 5.41 Å². The molecular weight excluding hydrogens is 535 g/mol. The van der Waals surface area contributed by atoms with E-state index >= 15 is 0 Å². The second-order valence-corrected chi connectivity index (χ2v) is 10.3. The summed E-state index contributed by atoms with van der Waals surface area (Å²) < 4.78 is 46.8.